The standard InChI is InChI=1S/C22H34N6O2/c1-6-9-19(30)27-13-8-11-17(27)21-24-20(25-28(21)14-22(2,3)15-29)16-10-7-12-18(23-16)26(4)5/h7,10,12,17,29H,6,8-9,11,13-15H2,1-5H3. The lowest BCUT2D eigenvalue weighted by Crippen LogP contribution is -2.33. The van der Waals surface area contributed by atoms with Crippen LogP contribution in [-0.4, -0.2) is 62.9 Å². The smallest absolute Gasteiger partial charge is 0.223 e. The minimum absolute atomic E-state index is 0.0408. The second-order valence-corrected chi connectivity index (χ2v) is 9.04. The number of rotatable bonds is 8. The molecule has 164 valence electrons. The molecule has 0 spiro atoms. The van der Waals surface area contributed by atoms with Crippen LogP contribution >= 0.6 is 0 Å². The third-order valence-corrected chi connectivity index (χ3v) is 5.46. The summed E-state index contributed by atoms with van der Waals surface area (Å²) in [7, 11) is 3.90. The number of likely N-dealkylation sites (tertiary alicyclic amines) is 1. The van der Waals surface area contributed by atoms with Gasteiger partial charge in [0, 0.05) is 39.1 Å². The highest BCUT2D eigenvalue weighted by atomic mass is 16.3. The molecule has 1 amide bonds. The number of nitrogens with zero attached hydrogens (tertiary/aromatic N) is 6. The van der Waals surface area contributed by atoms with Crippen LogP contribution in [0.1, 0.15) is 58.3 Å². The lowest BCUT2D eigenvalue weighted by Gasteiger charge is -2.27. The zero-order valence-corrected chi connectivity index (χ0v) is 18.8. The molecule has 0 bridgehead atoms. The molecule has 0 aliphatic carbocycles. The van der Waals surface area contributed by atoms with Gasteiger partial charge in [-0.3, -0.25) is 4.79 Å². The number of aromatic nitrogens is 4. The van der Waals surface area contributed by atoms with E-state index in [2.05, 4.69) is 4.98 Å². The highest BCUT2D eigenvalue weighted by molar-refractivity contribution is 5.76. The van der Waals surface area contributed by atoms with Crippen LogP contribution in [-0.2, 0) is 11.3 Å². The van der Waals surface area contributed by atoms with Gasteiger partial charge < -0.3 is 14.9 Å². The van der Waals surface area contributed by atoms with Crippen LogP contribution in [0.5, 0.6) is 0 Å². The summed E-state index contributed by atoms with van der Waals surface area (Å²) < 4.78 is 1.87. The molecule has 8 heteroatoms. The second-order valence-electron chi connectivity index (χ2n) is 9.04. The maximum absolute atomic E-state index is 12.7. The summed E-state index contributed by atoms with van der Waals surface area (Å²) in [4.78, 5) is 26.1. The number of hydrogen-bond donors (Lipinski definition) is 1. The molecule has 0 saturated carbocycles. The van der Waals surface area contributed by atoms with Gasteiger partial charge in [-0.15, -0.1) is 5.10 Å². The quantitative estimate of drug-likeness (QED) is 0.715. The van der Waals surface area contributed by atoms with Gasteiger partial charge in [-0.2, -0.15) is 0 Å². The van der Waals surface area contributed by atoms with Crippen molar-refractivity contribution in [3.05, 3.63) is 24.0 Å². The first-order chi connectivity index (χ1) is 14.3. The molecule has 30 heavy (non-hydrogen) atoms. The van der Waals surface area contributed by atoms with Gasteiger partial charge in [0.15, 0.2) is 5.82 Å². The molecule has 1 aliphatic heterocycles. The average molecular weight is 415 g/mol. The number of carbonyl (C=O) groups excluding carboxylic acids is 1. The first kappa shape index (κ1) is 22.2. The van der Waals surface area contributed by atoms with Crippen molar-refractivity contribution in [2.24, 2.45) is 5.41 Å². The van der Waals surface area contributed by atoms with Crippen LogP contribution in [0.3, 0.4) is 0 Å². The minimum atomic E-state index is -0.352. The summed E-state index contributed by atoms with van der Waals surface area (Å²) in [6, 6.07) is 5.71. The molecule has 0 radical (unpaired) electrons. The Kier molecular flexibility index (Phi) is 6.75. The molecular formula is C22H34N6O2. The summed E-state index contributed by atoms with van der Waals surface area (Å²) in [5, 5.41) is 14.6. The van der Waals surface area contributed by atoms with E-state index in [-0.39, 0.29) is 24.0 Å². The Hall–Kier alpha value is -2.48. The predicted octanol–water partition coefficient (Wildman–Crippen LogP) is 2.89. The van der Waals surface area contributed by atoms with Crippen molar-refractivity contribution in [2.45, 2.75) is 59.0 Å². The van der Waals surface area contributed by atoms with Crippen LogP contribution in [0.25, 0.3) is 11.5 Å². The fraction of sp³-hybridized carbons (Fsp3) is 0.636. The van der Waals surface area contributed by atoms with E-state index < -0.39 is 0 Å². The third kappa shape index (κ3) is 4.80. The van der Waals surface area contributed by atoms with Crippen LogP contribution in [0.4, 0.5) is 5.82 Å². The van der Waals surface area contributed by atoms with Gasteiger partial charge in [0.1, 0.15) is 17.3 Å². The Morgan fingerprint density at radius 2 is 2.07 bits per heavy atom. The Balaban J connectivity index is 2.02. The molecule has 8 nitrogen and oxygen atoms in total. The molecule has 3 rings (SSSR count). The number of hydrogen-bond acceptors (Lipinski definition) is 6. The molecule has 3 heterocycles. The molecule has 1 atom stereocenters. The molecule has 1 unspecified atom stereocenters. The maximum atomic E-state index is 12.7. The van der Waals surface area contributed by atoms with E-state index in [4.69, 9.17) is 10.1 Å². The van der Waals surface area contributed by atoms with E-state index in [1.165, 1.54) is 0 Å². The zero-order valence-electron chi connectivity index (χ0n) is 18.8. The highest BCUT2D eigenvalue weighted by Gasteiger charge is 2.35. The second kappa shape index (κ2) is 9.12. The van der Waals surface area contributed by atoms with Crippen LogP contribution in [0.2, 0.25) is 0 Å². The van der Waals surface area contributed by atoms with Crippen LogP contribution in [0, 0.1) is 5.41 Å². The van der Waals surface area contributed by atoms with E-state index in [0.717, 1.165) is 37.4 Å². The molecule has 1 N–H and O–H groups in total. The highest BCUT2D eigenvalue weighted by Crippen LogP contribution is 2.34. The van der Waals surface area contributed by atoms with E-state index in [0.29, 0.717) is 24.5 Å². The zero-order chi connectivity index (χ0) is 21.9. The number of carbonyl (C=O) groups is 1. The number of aliphatic hydroxyl groups excluding tert-OH is 1. The van der Waals surface area contributed by atoms with Gasteiger partial charge >= 0.3 is 0 Å². The molecule has 0 aromatic carbocycles. The number of pyridine rings is 1. The SMILES string of the molecule is CCCC(=O)N1CCCC1c1nc(-c2cccc(N(C)C)n2)nn1CC(C)(C)CO. The van der Waals surface area contributed by atoms with E-state index in [9.17, 15) is 9.90 Å². The molecule has 1 aliphatic rings. The van der Waals surface area contributed by atoms with Crippen molar-refractivity contribution >= 4 is 11.7 Å². The molecule has 1 fully saturated rings. The van der Waals surface area contributed by atoms with Crippen LogP contribution < -0.4 is 4.90 Å². The minimum Gasteiger partial charge on any atom is -0.396 e. The monoisotopic (exact) mass is 414 g/mol. The molecule has 1 saturated heterocycles. The summed E-state index contributed by atoms with van der Waals surface area (Å²) in [6.45, 7) is 7.33. The fourth-order valence-corrected chi connectivity index (χ4v) is 3.77. The third-order valence-electron chi connectivity index (χ3n) is 5.46. The lowest BCUT2D eigenvalue weighted by molar-refractivity contribution is -0.132. The lowest BCUT2D eigenvalue weighted by atomic mass is 9.95. The van der Waals surface area contributed by atoms with E-state index in [1.54, 1.807) is 0 Å². The molecule has 2 aromatic rings. The first-order valence-electron chi connectivity index (χ1n) is 10.8. The first-order valence-corrected chi connectivity index (χ1v) is 10.8. The van der Waals surface area contributed by atoms with Crippen molar-refractivity contribution in [2.75, 3.05) is 32.1 Å². The topological polar surface area (TPSA) is 87.4 Å². The summed E-state index contributed by atoms with van der Waals surface area (Å²) >= 11 is 0. The molecular weight excluding hydrogens is 380 g/mol. The maximum Gasteiger partial charge on any atom is 0.223 e. The Labute approximate surface area is 178 Å². The van der Waals surface area contributed by atoms with Gasteiger partial charge in [-0.05, 0) is 31.4 Å². The Bertz CT molecular complexity index is 876. The van der Waals surface area contributed by atoms with Gasteiger partial charge in [0.05, 0.1) is 12.6 Å². The number of amides is 1. The largest absolute Gasteiger partial charge is 0.396 e. The summed E-state index contributed by atoms with van der Waals surface area (Å²) in [6.07, 6.45) is 3.21. The normalized spacial score (nSPS) is 16.9. The Morgan fingerprint density at radius 1 is 1.30 bits per heavy atom. The average Bonchev–Trinajstić information content (AvgIpc) is 3.35. The van der Waals surface area contributed by atoms with E-state index in [1.807, 2.05) is 67.5 Å². The van der Waals surface area contributed by atoms with Crippen LogP contribution in [0.15, 0.2) is 18.2 Å². The predicted molar refractivity (Wildman–Crippen MR) is 117 cm³/mol. The van der Waals surface area contributed by atoms with Crippen molar-refractivity contribution in [3.63, 3.8) is 0 Å². The number of anilines is 1. The van der Waals surface area contributed by atoms with Crippen molar-refractivity contribution in [3.8, 4) is 11.5 Å². The van der Waals surface area contributed by atoms with Gasteiger partial charge in [0.2, 0.25) is 5.91 Å². The van der Waals surface area contributed by atoms with Gasteiger partial charge in [-0.25, -0.2) is 14.6 Å². The van der Waals surface area contributed by atoms with Crippen molar-refractivity contribution in [1.29, 1.82) is 0 Å². The van der Waals surface area contributed by atoms with Crippen molar-refractivity contribution in [1.82, 2.24) is 24.6 Å². The Morgan fingerprint density at radius 3 is 2.73 bits per heavy atom. The fourth-order valence-electron chi connectivity index (χ4n) is 3.77. The molecule has 2 aromatic heterocycles. The van der Waals surface area contributed by atoms with E-state index >= 15 is 0 Å². The van der Waals surface area contributed by atoms with Crippen molar-refractivity contribution < 1.29 is 9.90 Å². The summed E-state index contributed by atoms with van der Waals surface area (Å²) in [5.41, 5.74) is 0.350. The summed E-state index contributed by atoms with van der Waals surface area (Å²) in [5.74, 6) is 2.34. The van der Waals surface area contributed by atoms with Gasteiger partial charge in [0.25, 0.3) is 0 Å². The number of aliphatic hydroxyl groups is 1. The van der Waals surface area contributed by atoms with Gasteiger partial charge in [-0.1, -0.05) is 26.8 Å².